The highest BCUT2D eigenvalue weighted by atomic mass is 17.2. The normalized spacial score (nSPS) is 26.5. The molecule has 13 heavy (non-hydrogen) atoms. The summed E-state index contributed by atoms with van der Waals surface area (Å²) in [6.07, 6.45) is 4.04. The quantitative estimate of drug-likeness (QED) is 0.210. The summed E-state index contributed by atoms with van der Waals surface area (Å²) in [4.78, 5) is 23.2. The monoisotopic (exact) mass is 182 g/mol. The van der Waals surface area contributed by atoms with Crippen molar-refractivity contribution in [2.45, 2.75) is 25.6 Å². The summed E-state index contributed by atoms with van der Waals surface area (Å²) >= 11 is 0. The molecular formula is C8H10N2O3. The van der Waals surface area contributed by atoms with E-state index in [9.17, 15) is 4.79 Å². The van der Waals surface area contributed by atoms with Crippen LogP contribution in [0.15, 0.2) is 12.2 Å². The SMILES string of the molecule is C[C@@H]1C=C[C@H](CC(=O)C=[N+]=[N-])OO1. The molecule has 0 saturated carbocycles. The minimum atomic E-state index is -0.387. The van der Waals surface area contributed by atoms with Crippen molar-refractivity contribution in [1.29, 1.82) is 0 Å². The molecule has 0 aromatic heterocycles. The highest BCUT2D eigenvalue weighted by molar-refractivity contribution is 6.25. The van der Waals surface area contributed by atoms with Gasteiger partial charge in [-0.15, -0.1) is 0 Å². The zero-order valence-corrected chi connectivity index (χ0v) is 7.21. The van der Waals surface area contributed by atoms with Gasteiger partial charge in [0, 0.05) is 0 Å². The summed E-state index contributed by atoms with van der Waals surface area (Å²) in [6, 6.07) is 0. The number of hydrogen-bond acceptors (Lipinski definition) is 3. The third-order valence-corrected chi connectivity index (χ3v) is 1.53. The fourth-order valence-corrected chi connectivity index (χ4v) is 0.921. The van der Waals surface area contributed by atoms with Gasteiger partial charge in [-0.25, -0.2) is 9.78 Å². The molecule has 0 unspecified atom stereocenters. The highest BCUT2D eigenvalue weighted by Gasteiger charge is 2.18. The molecule has 1 heterocycles. The van der Waals surface area contributed by atoms with Gasteiger partial charge in [-0.05, 0) is 6.92 Å². The second-order valence-corrected chi connectivity index (χ2v) is 2.74. The van der Waals surface area contributed by atoms with E-state index >= 15 is 0 Å². The van der Waals surface area contributed by atoms with Crippen molar-refractivity contribution in [2.24, 2.45) is 0 Å². The lowest BCUT2D eigenvalue weighted by molar-refractivity contribution is -0.335. The van der Waals surface area contributed by atoms with Crippen molar-refractivity contribution in [1.82, 2.24) is 0 Å². The third-order valence-electron chi connectivity index (χ3n) is 1.53. The minimum Gasteiger partial charge on any atom is -0.361 e. The van der Waals surface area contributed by atoms with E-state index in [0.29, 0.717) is 0 Å². The molecule has 0 bridgehead atoms. The molecule has 0 amide bonds. The van der Waals surface area contributed by atoms with Crippen molar-refractivity contribution in [3.63, 3.8) is 0 Å². The van der Waals surface area contributed by atoms with E-state index in [1.165, 1.54) is 0 Å². The van der Waals surface area contributed by atoms with Gasteiger partial charge in [0.1, 0.15) is 12.2 Å². The summed E-state index contributed by atoms with van der Waals surface area (Å²) < 4.78 is 0. The lowest BCUT2D eigenvalue weighted by atomic mass is 10.1. The van der Waals surface area contributed by atoms with Crippen molar-refractivity contribution in [3.05, 3.63) is 17.7 Å². The molecule has 70 valence electrons. The average Bonchev–Trinajstić information content (AvgIpc) is 2.09. The Bertz CT molecular complexity index is 269. The van der Waals surface area contributed by atoms with Crippen LogP contribution < -0.4 is 0 Å². The van der Waals surface area contributed by atoms with Crippen LogP contribution in [0.5, 0.6) is 0 Å². The smallest absolute Gasteiger partial charge is 0.323 e. The van der Waals surface area contributed by atoms with Gasteiger partial charge >= 0.3 is 6.21 Å². The molecule has 1 aliphatic heterocycles. The Kier molecular flexibility index (Phi) is 3.52. The van der Waals surface area contributed by atoms with E-state index in [1.807, 2.05) is 6.92 Å². The Labute approximate surface area is 75.5 Å². The van der Waals surface area contributed by atoms with Crippen molar-refractivity contribution in [2.75, 3.05) is 0 Å². The van der Waals surface area contributed by atoms with Gasteiger partial charge in [0.2, 0.25) is 5.78 Å². The van der Waals surface area contributed by atoms with Crippen LogP contribution in [0.2, 0.25) is 0 Å². The molecule has 0 aromatic carbocycles. The molecule has 0 aliphatic carbocycles. The van der Waals surface area contributed by atoms with E-state index in [2.05, 4.69) is 4.79 Å². The molecule has 5 heteroatoms. The van der Waals surface area contributed by atoms with Gasteiger partial charge in [0.05, 0.1) is 6.42 Å². The van der Waals surface area contributed by atoms with Crippen LogP contribution in [-0.4, -0.2) is 29.0 Å². The third kappa shape index (κ3) is 3.29. The molecule has 1 rings (SSSR count). The number of ketones is 1. The molecule has 0 radical (unpaired) electrons. The molecular weight excluding hydrogens is 172 g/mol. The average molecular weight is 182 g/mol. The van der Waals surface area contributed by atoms with Gasteiger partial charge in [0.15, 0.2) is 0 Å². The first-order valence-corrected chi connectivity index (χ1v) is 3.93. The van der Waals surface area contributed by atoms with E-state index in [1.54, 1.807) is 12.2 Å². The predicted octanol–water partition coefficient (Wildman–Crippen LogP) is 0.521. The molecule has 1 aliphatic rings. The maximum absolute atomic E-state index is 10.9. The molecule has 0 spiro atoms. The van der Waals surface area contributed by atoms with E-state index < -0.39 is 0 Å². The van der Waals surface area contributed by atoms with Crippen LogP contribution in [0.25, 0.3) is 5.53 Å². The van der Waals surface area contributed by atoms with Crippen LogP contribution in [-0.2, 0) is 14.6 Å². The van der Waals surface area contributed by atoms with E-state index in [0.717, 1.165) is 6.21 Å². The Morgan fingerprint density at radius 1 is 1.62 bits per heavy atom. The Balaban J connectivity index is 2.42. The first-order valence-electron chi connectivity index (χ1n) is 3.93. The Morgan fingerprint density at radius 2 is 2.38 bits per heavy atom. The zero-order valence-electron chi connectivity index (χ0n) is 7.21. The summed E-state index contributed by atoms with van der Waals surface area (Å²) in [5, 5.41) is 0. The van der Waals surface area contributed by atoms with Crippen LogP contribution in [0.4, 0.5) is 0 Å². The lowest BCUT2D eigenvalue weighted by Crippen LogP contribution is -2.23. The van der Waals surface area contributed by atoms with Gasteiger partial charge in [-0.3, -0.25) is 4.79 Å². The van der Waals surface area contributed by atoms with Gasteiger partial charge in [-0.2, -0.15) is 4.79 Å². The number of carbonyl (C=O) groups excluding carboxylic acids is 1. The van der Waals surface area contributed by atoms with Gasteiger partial charge < -0.3 is 5.53 Å². The second kappa shape index (κ2) is 4.67. The summed E-state index contributed by atoms with van der Waals surface area (Å²) in [6.45, 7) is 1.82. The molecule has 2 atom stereocenters. The van der Waals surface area contributed by atoms with E-state index in [4.69, 9.17) is 15.3 Å². The zero-order chi connectivity index (χ0) is 9.68. The number of hydrogen-bond donors (Lipinski definition) is 0. The summed E-state index contributed by atoms with van der Waals surface area (Å²) in [7, 11) is 0. The van der Waals surface area contributed by atoms with Crippen molar-refractivity contribution >= 4 is 12.0 Å². The Hall–Kier alpha value is -1.29. The maximum atomic E-state index is 10.9. The molecule has 0 saturated heterocycles. The topological polar surface area (TPSA) is 71.9 Å². The summed E-state index contributed by atoms with van der Waals surface area (Å²) in [5.41, 5.74) is 8.07. The van der Waals surface area contributed by atoms with Crippen LogP contribution in [0.1, 0.15) is 13.3 Å². The fraction of sp³-hybridized carbons (Fsp3) is 0.500. The van der Waals surface area contributed by atoms with Crippen LogP contribution in [0, 0.1) is 0 Å². The van der Waals surface area contributed by atoms with Crippen molar-refractivity contribution in [3.8, 4) is 0 Å². The number of Topliss-reactive ketones (excluding diaryl/α,β-unsaturated/α-hetero) is 1. The summed E-state index contributed by atoms with van der Waals surface area (Å²) in [5.74, 6) is -0.310. The second-order valence-electron chi connectivity index (χ2n) is 2.74. The molecule has 0 aromatic rings. The Morgan fingerprint density at radius 3 is 2.92 bits per heavy atom. The van der Waals surface area contributed by atoms with Crippen LogP contribution >= 0.6 is 0 Å². The van der Waals surface area contributed by atoms with E-state index in [-0.39, 0.29) is 24.4 Å². The highest BCUT2D eigenvalue weighted by Crippen LogP contribution is 2.10. The largest absolute Gasteiger partial charge is 0.361 e. The molecule has 5 nitrogen and oxygen atoms in total. The standard InChI is InChI=1S/C8H10N2O3/c1-6-2-3-8(13-12-6)4-7(11)5-10-9/h2-3,5-6,8H,4H2,1H3/t6-,8-/m1/s1. The number of rotatable bonds is 3. The predicted molar refractivity (Wildman–Crippen MR) is 43.9 cm³/mol. The number of carbonyl (C=O) groups is 1. The van der Waals surface area contributed by atoms with Gasteiger partial charge in [0.25, 0.3) is 0 Å². The first-order chi connectivity index (χ1) is 6.22. The first kappa shape index (κ1) is 9.80. The van der Waals surface area contributed by atoms with Gasteiger partial charge in [-0.1, -0.05) is 12.2 Å². The fourth-order valence-electron chi connectivity index (χ4n) is 0.921. The van der Waals surface area contributed by atoms with Crippen LogP contribution in [0.3, 0.4) is 0 Å². The molecule has 0 N–H and O–H groups in total. The maximum Gasteiger partial charge on any atom is 0.323 e. The molecule has 0 fully saturated rings. The lowest BCUT2D eigenvalue weighted by Gasteiger charge is -2.18. The minimum absolute atomic E-state index is 0.0853. The number of nitrogens with zero attached hydrogens (tertiary/aromatic N) is 2. The van der Waals surface area contributed by atoms with Crippen molar-refractivity contribution < 1.29 is 19.4 Å².